The van der Waals surface area contributed by atoms with Crippen LogP contribution in [0.1, 0.15) is 17.3 Å². The molecule has 1 heterocycles. The Morgan fingerprint density at radius 1 is 1.04 bits per heavy atom. The van der Waals surface area contributed by atoms with Gasteiger partial charge in [-0.3, -0.25) is 4.79 Å². The Bertz CT molecular complexity index is 1120. The highest BCUT2D eigenvalue weighted by Gasteiger charge is 2.21. The standard InChI is InChI=1S/C19H16N2O6S/c1-2-26-19(23)27-17-11-10-14(12-20-17)18(22)21-28(24,25)16-9-5-7-13-6-3-4-8-15(13)16/h3-12H,2H2,1H3,(H,21,22). The summed E-state index contributed by atoms with van der Waals surface area (Å²) in [6, 6.07) is 14.3. The molecule has 1 amide bonds. The molecule has 0 unspecified atom stereocenters. The molecule has 0 saturated heterocycles. The van der Waals surface area contributed by atoms with Gasteiger partial charge >= 0.3 is 6.16 Å². The average Bonchev–Trinajstić information content (AvgIpc) is 2.68. The Kier molecular flexibility index (Phi) is 5.55. The van der Waals surface area contributed by atoms with E-state index < -0.39 is 22.1 Å². The minimum Gasteiger partial charge on any atom is -0.434 e. The van der Waals surface area contributed by atoms with Crippen molar-refractivity contribution in [1.82, 2.24) is 9.71 Å². The van der Waals surface area contributed by atoms with Crippen LogP contribution in [0.3, 0.4) is 0 Å². The van der Waals surface area contributed by atoms with Crippen LogP contribution in [0.5, 0.6) is 5.88 Å². The van der Waals surface area contributed by atoms with Gasteiger partial charge in [0.2, 0.25) is 5.88 Å². The van der Waals surface area contributed by atoms with Crippen molar-refractivity contribution in [2.75, 3.05) is 6.61 Å². The lowest BCUT2D eigenvalue weighted by molar-refractivity contribution is 0.0981. The summed E-state index contributed by atoms with van der Waals surface area (Å²) in [5, 5.41) is 1.24. The average molecular weight is 400 g/mol. The summed E-state index contributed by atoms with van der Waals surface area (Å²) in [6.07, 6.45) is 0.174. The molecule has 1 aromatic heterocycles. The maximum absolute atomic E-state index is 12.7. The predicted octanol–water partition coefficient (Wildman–Crippen LogP) is 2.89. The van der Waals surface area contributed by atoms with Crippen LogP contribution >= 0.6 is 0 Å². The third kappa shape index (κ3) is 4.26. The molecule has 0 spiro atoms. The lowest BCUT2D eigenvalue weighted by Crippen LogP contribution is -2.30. The molecule has 0 aliphatic carbocycles. The highest BCUT2D eigenvalue weighted by molar-refractivity contribution is 7.90. The van der Waals surface area contributed by atoms with Crippen LogP contribution in [-0.4, -0.2) is 32.1 Å². The molecule has 0 radical (unpaired) electrons. The van der Waals surface area contributed by atoms with Gasteiger partial charge in [-0.25, -0.2) is 22.9 Å². The van der Waals surface area contributed by atoms with E-state index in [2.05, 4.69) is 9.72 Å². The topological polar surface area (TPSA) is 112 Å². The normalized spacial score (nSPS) is 11.0. The third-order valence-corrected chi connectivity index (χ3v) is 5.10. The zero-order valence-electron chi connectivity index (χ0n) is 14.8. The third-order valence-electron chi connectivity index (χ3n) is 3.71. The van der Waals surface area contributed by atoms with Crippen molar-refractivity contribution in [3.8, 4) is 5.88 Å². The number of carbonyl (C=O) groups is 2. The molecule has 0 atom stereocenters. The fourth-order valence-electron chi connectivity index (χ4n) is 2.47. The number of pyridine rings is 1. The Labute approximate surface area is 161 Å². The molecule has 3 aromatic rings. The number of rotatable bonds is 5. The molecule has 0 fully saturated rings. The lowest BCUT2D eigenvalue weighted by Gasteiger charge is -2.10. The lowest BCUT2D eigenvalue weighted by atomic mass is 10.1. The zero-order valence-corrected chi connectivity index (χ0v) is 15.6. The molecule has 2 aromatic carbocycles. The molecule has 1 N–H and O–H groups in total. The second kappa shape index (κ2) is 8.05. The van der Waals surface area contributed by atoms with Gasteiger partial charge < -0.3 is 9.47 Å². The first-order chi connectivity index (χ1) is 13.4. The number of fused-ring (bicyclic) bond motifs is 1. The van der Waals surface area contributed by atoms with E-state index in [9.17, 15) is 18.0 Å². The van der Waals surface area contributed by atoms with Crippen LogP contribution in [0.25, 0.3) is 10.8 Å². The van der Waals surface area contributed by atoms with Gasteiger partial charge in [-0.15, -0.1) is 0 Å². The second-order valence-corrected chi connectivity index (χ2v) is 7.23. The van der Waals surface area contributed by atoms with Crippen molar-refractivity contribution >= 4 is 32.9 Å². The smallest absolute Gasteiger partial charge is 0.434 e. The van der Waals surface area contributed by atoms with E-state index in [1.807, 2.05) is 4.72 Å². The van der Waals surface area contributed by atoms with E-state index in [1.54, 1.807) is 43.3 Å². The fraction of sp³-hybridized carbons (Fsp3) is 0.105. The molecule has 28 heavy (non-hydrogen) atoms. The molecule has 0 aliphatic heterocycles. The van der Waals surface area contributed by atoms with Gasteiger partial charge in [0.15, 0.2) is 0 Å². The monoisotopic (exact) mass is 400 g/mol. The first-order valence-electron chi connectivity index (χ1n) is 8.26. The Hall–Kier alpha value is -3.46. The van der Waals surface area contributed by atoms with E-state index >= 15 is 0 Å². The number of benzene rings is 2. The van der Waals surface area contributed by atoms with Gasteiger partial charge in [0, 0.05) is 17.6 Å². The quantitative estimate of drug-likeness (QED) is 0.655. The number of hydrogen-bond donors (Lipinski definition) is 1. The number of amides is 1. The first-order valence-corrected chi connectivity index (χ1v) is 9.74. The van der Waals surface area contributed by atoms with Gasteiger partial charge in [0.05, 0.1) is 17.1 Å². The minimum atomic E-state index is -4.10. The SMILES string of the molecule is CCOC(=O)Oc1ccc(C(=O)NS(=O)(=O)c2cccc3ccccc23)cn1. The molecule has 3 rings (SSSR count). The molecular weight excluding hydrogens is 384 g/mol. The number of aromatic nitrogens is 1. The van der Waals surface area contributed by atoms with Crippen LogP contribution in [-0.2, 0) is 14.8 Å². The Morgan fingerprint density at radius 3 is 2.50 bits per heavy atom. The highest BCUT2D eigenvalue weighted by atomic mass is 32.2. The molecule has 8 nitrogen and oxygen atoms in total. The van der Waals surface area contributed by atoms with Crippen LogP contribution in [0.2, 0.25) is 0 Å². The summed E-state index contributed by atoms with van der Waals surface area (Å²) in [5.41, 5.74) is -0.0139. The molecular formula is C19H16N2O6S. The van der Waals surface area contributed by atoms with Crippen molar-refractivity contribution in [2.24, 2.45) is 0 Å². The van der Waals surface area contributed by atoms with Crippen molar-refractivity contribution in [3.05, 3.63) is 66.4 Å². The number of nitrogens with one attached hydrogen (secondary N) is 1. The molecule has 0 aliphatic rings. The minimum absolute atomic E-state index is 0.00539. The molecule has 9 heteroatoms. The van der Waals surface area contributed by atoms with Crippen molar-refractivity contribution in [3.63, 3.8) is 0 Å². The Balaban J connectivity index is 1.79. The predicted molar refractivity (Wildman–Crippen MR) is 100 cm³/mol. The van der Waals surface area contributed by atoms with E-state index in [-0.39, 0.29) is 22.9 Å². The summed E-state index contributed by atoms with van der Waals surface area (Å²) in [7, 11) is -4.10. The summed E-state index contributed by atoms with van der Waals surface area (Å²) in [5.74, 6) is -0.935. The summed E-state index contributed by atoms with van der Waals surface area (Å²) < 4.78 is 36.8. The maximum Gasteiger partial charge on any atom is 0.515 e. The summed E-state index contributed by atoms with van der Waals surface area (Å²) >= 11 is 0. The van der Waals surface area contributed by atoms with Gasteiger partial charge in [0.1, 0.15) is 0 Å². The number of hydrogen-bond acceptors (Lipinski definition) is 7. The van der Waals surface area contributed by atoms with Crippen molar-refractivity contribution < 1.29 is 27.5 Å². The van der Waals surface area contributed by atoms with Gasteiger partial charge in [-0.2, -0.15) is 0 Å². The number of sulfonamides is 1. The fourth-order valence-corrected chi connectivity index (χ4v) is 3.68. The van der Waals surface area contributed by atoms with E-state index in [0.717, 1.165) is 11.6 Å². The molecule has 144 valence electrons. The number of carbonyl (C=O) groups excluding carboxylic acids is 2. The van der Waals surface area contributed by atoms with Gasteiger partial charge in [0.25, 0.3) is 15.9 Å². The second-order valence-electron chi connectivity index (χ2n) is 5.58. The van der Waals surface area contributed by atoms with Crippen LogP contribution < -0.4 is 9.46 Å². The van der Waals surface area contributed by atoms with E-state index in [1.165, 1.54) is 18.2 Å². The molecule has 0 bridgehead atoms. The van der Waals surface area contributed by atoms with E-state index in [4.69, 9.17) is 4.74 Å². The first kappa shape index (κ1) is 19.3. The Morgan fingerprint density at radius 2 is 1.79 bits per heavy atom. The van der Waals surface area contributed by atoms with Gasteiger partial charge in [-0.05, 0) is 24.4 Å². The highest BCUT2D eigenvalue weighted by Crippen LogP contribution is 2.22. The van der Waals surface area contributed by atoms with Crippen LogP contribution in [0, 0.1) is 0 Å². The zero-order chi connectivity index (χ0) is 20.1. The van der Waals surface area contributed by atoms with Crippen molar-refractivity contribution in [2.45, 2.75) is 11.8 Å². The summed E-state index contributed by atoms with van der Waals surface area (Å²) in [4.78, 5) is 27.4. The maximum atomic E-state index is 12.7. The van der Waals surface area contributed by atoms with Gasteiger partial charge in [-0.1, -0.05) is 36.4 Å². The molecule has 0 saturated carbocycles. The van der Waals surface area contributed by atoms with Crippen molar-refractivity contribution in [1.29, 1.82) is 0 Å². The largest absolute Gasteiger partial charge is 0.515 e. The number of ether oxygens (including phenoxy) is 2. The number of nitrogens with zero attached hydrogens (tertiary/aromatic N) is 1. The van der Waals surface area contributed by atoms with Crippen LogP contribution in [0.15, 0.2) is 65.7 Å². The van der Waals surface area contributed by atoms with E-state index in [0.29, 0.717) is 5.39 Å². The van der Waals surface area contributed by atoms with Crippen LogP contribution in [0.4, 0.5) is 4.79 Å². The summed E-state index contributed by atoms with van der Waals surface area (Å²) in [6.45, 7) is 1.77.